The molecular weight excluding hydrogens is 400 g/mol. The molecule has 0 saturated carbocycles. The number of hydrogen-bond acceptors (Lipinski definition) is 2. The van der Waals surface area contributed by atoms with Crippen molar-refractivity contribution >= 4 is 6.08 Å². The summed E-state index contributed by atoms with van der Waals surface area (Å²) in [6.07, 6.45) is 15.2. The predicted molar refractivity (Wildman–Crippen MR) is 138 cm³/mol. The number of rotatable bonds is 7. The van der Waals surface area contributed by atoms with Crippen LogP contribution in [0.2, 0.25) is 0 Å². The van der Waals surface area contributed by atoms with Crippen LogP contribution in [0.1, 0.15) is 55.9 Å². The molecular formula is C28H38O4. The Hall–Kier alpha value is -2.82. The smallest absolute Gasteiger partial charge is 0.00166 e. The van der Waals surface area contributed by atoms with Crippen molar-refractivity contribution in [2.45, 2.75) is 52.9 Å². The van der Waals surface area contributed by atoms with Crippen LogP contribution in [-0.2, 0) is 19.3 Å². The van der Waals surface area contributed by atoms with Gasteiger partial charge in [0.1, 0.15) is 0 Å². The van der Waals surface area contributed by atoms with Crippen LogP contribution in [0.15, 0.2) is 71.8 Å². The summed E-state index contributed by atoms with van der Waals surface area (Å²) in [5, 5.41) is 0. The molecule has 4 rings (SSSR count). The number of allylic oxidation sites excluding steroid dienone is 5. The lowest BCUT2D eigenvalue weighted by Gasteiger charge is -2.23. The van der Waals surface area contributed by atoms with Gasteiger partial charge in [-0.15, -0.1) is 0 Å². The Balaban J connectivity index is 0.00000199. The van der Waals surface area contributed by atoms with Gasteiger partial charge in [0.05, 0.1) is 0 Å². The molecule has 0 fully saturated rings. The van der Waals surface area contributed by atoms with E-state index in [0.29, 0.717) is 11.8 Å². The van der Waals surface area contributed by atoms with Crippen molar-refractivity contribution in [2.75, 3.05) is 0 Å². The summed E-state index contributed by atoms with van der Waals surface area (Å²) in [6, 6.07) is 15.9. The molecule has 0 radical (unpaired) electrons. The normalized spacial score (nSPS) is 16.5. The van der Waals surface area contributed by atoms with Crippen molar-refractivity contribution in [3.63, 3.8) is 0 Å². The summed E-state index contributed by atoms with van der Waals surface area (Å²) in [4.78, 5) is 14.0. The monoisotopic (exact) mass is 438 g/mol. The Morgan fingerprint density at radius 1 is 1.06 bits per heavy atom. The number of benzene rings is 2. The Morgan fingerprint density at radius 3 is 2.53 bits per heavy atom. The molecule has 4 N–H and O–H groups in total. The van der Waals surface area contributed by atoms with Crippen molar-refractivity contribution in [2.24, 2.45) is 11.8 Å². The number of aryl methyl sites for hydroxylation is 2. The zero-order valence-electron chi connectivity index (χ0n) is 19.4. The molecule has 0 aromatic heterocycles. The maximum Gasteiger partial charge on any atom is 0.00166 e. The molecule has 2 aliphatic carbocycles. The van der Waals surface area contributed by atoms with Crippen LogP contribution in [0.5, 0.6) is 0 Å². The summed E-state index contributed by atoms with van der Waals surface area (Å²) in [7, 11) is 0. The fourth-order valence-corrected chi connectivity index (χ4v) is 4.92. The zero-order chi connectivity index (χ0) is 21.5. The van der Waals surface area contributed by atoms with Crippen LogP contribution in [-0.4, -0.2) is 11.0 Å². The molecule has 0 amide bonds. The lowest BCUT2D eigenvalue weighted by Crippen LogP contribution is -2.12. The molecule has 0 heterocycles. The van der Waals surface area contributed by atoms with Crippen LogP contribution in [0, 0.1) is 28.7 Å². The van der Waals surface area contributed by atoms with Crippen molar-refractivity contribution in [1.82, 2.24) is 0 Å². The molecule has 2 atom stereocenters. The van der Waals surface area contributed by atoms with Gasteiger partial charge in [-0.1, -0.05) is 91.8 Å². The Bertz CT molecular complexity index is 978. The molecule has 0 saturated heterocycles. The second-order valence-corrected chi connectivity index (χ2v) is 8.55. The van der Waals surface area contributed by atoms with Crippen molar-refractivity contribution in [3.8, 4) is 0 Å². The molecule has 174 valence electrons. The molecule has 32 heavy (non-hydrogen) atoms. The van der Waals surface area contributed by atoms with Crippen molar-refractivity contribution in [3.05, 3.63) is 110 Å². The Morgan fingerprint density at radius 2 is 1.81 bits per heavy atom. The maximum absolute atomic E-state index is 7.00. The minimum atomic E-state index is 0. The first-order valence-electron chi connectivity index (χ1n) is 11.1. The lowest BCUT2D eigenvalue weighted by molar-refractivity contribution is 0.530. The molecule has 1 unspecified atom stereocenters. The molecule has 4 heteroatoms. The van der Waals surface area contributed by atoms with Gasteiger partial charge < -0.3 is 11.0 Å². The van der Waals surface area contributed by atoms with Gasteiger partial charge in [-0.05, 0) is 72.8 Å². The van der Waals surface area contributed by atoms with E-state index in [1.165, 1.54) is 47.1 Å². The minimum Gasteiger partial charge on any atom is -0.412 e. The van der Waals surface area contributed by atoms with Crippen LogP contribution < -0.4 is 0 Å². The summed E-state index contributed by atoms with van der Waals surface area (Å²) in [5.41, 5.74) is 10.5. The summed E-state index contributed by atoms with van der Waals surface area (Å²) < 4.78 is 0. The van der Waals surface area contributed by atoms with E-state index in [1.807, 2.05) is 0 Å². The average molecular weight is 439 g/mol. The van der Waals surface area contributed by atoms with E-state index in [0.717, 1.165) is 12.8 Å². The SMILES string of the molecule is CCC1C(Cc2ccc3c(c2)CC=C3)=CC=C1[C@@H](C)CCc1ccccc1C.O.O.O=O.[HH]. The second kappa shape index (κ2) is 12.9. The molecule has 0 spiro atoms. The number of fused-ring (bicyclic) bond motifs is 1. The molecule has 2 aliphatic rings. The largest absolute Gasteiger partial charge is 0.412 e. The van der Waals surface area contributed by atoms with Crippen LogP contribution in [0.25, 0.3) is 6.08 Å². The summed E-state index contributed by atoms with van der Waals surface area (Å²) in [5.74, 6) is 1.26. The molecule has 4 nitrogen and oxygen atoms in total. The van der Waals surface area contributed by atoms with E-state index >= 15 is 0 Å². The van der Waals surface area contributed by atoms with Crippen LogP contribution in [0.4, 0.5) is 0 Å². The summed E-state index contributed by atoms with van der Waals surface area (Å²) >= 11 is 0. The summed E-state index contributed by atoms with van der Waals surface area (Å²) in [6.45, 7) is 7.00. The molecule has 2 aromatic rings. The Kier molecular flexibility index (Phi) is 11.0. The maximum atomic E-state index is 7.00. The van der Waals surface area contributed by atoms with Crippen molar-refractivity contribution in [1.29, 1.82) is 0 Å². The topological polar surface area (TPSA) is 97.1 Å². The van der Waals surface area contributed by atoms with Gasteiger partial charge in [0, 0.05) is 17.3 Å². The second-order valence-electron chi connectivity index (χ2n) is 8.55. The molecule has 0 bridgehead atoms. The van der Waals surface area contributed by atoms with Gasteiger partial charge in [-0.3, -0.25) is 0 Å². The first-order chi connectivity index (χ1) is 14.7. The fraction of sp³-hybridized carbons (Fsp3) is 0.357. The van der Waals surface area contributed by atoms with Crippen LogP contribution in [0.3, 0.4) is 0 Å². The first-order valence-corrected chi connectivity index (χ1v) is 11.1. The van der Waals surface area contributed by atoms with Gasteiger partial charge in [0.25, 0.3) is 0 Å². The predicted octanol–water partition coefficient (Wildman–Crippen LogP) is 5.93. The fourth-order valence-electron chi connectivity index (χ4n) is 4.92. The standard InChI is InChI=1S/C28H32.O2.2H2O.H2/c1-4-27-26(19-22-13-15-24-10-7-11-25(24)18-22)16-17-28(27)21(3)12-14-23-9-6-5-8-20(23)2;1-2;;;/h5-10,13,15-18,21,27H,4,11-12,14,19H2,1-3H3;;2*1H2;1H/t21-,27?;;;;/m0..../s1. The third kappa shape index (κ3) is 6.12. The van der Waals surface area contributed by atoms with E-state index in [1.54, 1.807) is 11.1 Å². The van der Waals surface area contributed by atoms with E-state index in [4.69, 9.17) is 9.93 Å². The van der Waals surface area contributed by atoms with E-state index < -0.39 is 0 Å². The molecule has 0 aliphatic heterocycles. The quantitative estimate of drug-likeness (QED) is 0.535. The zero-order valence-corrected chi connectivity index (χ0v) is 19.4. The highest BCUT2D eigenvalue weighted by molar-refractivity contribution is 5.60. The van der Waals surface area contributed by atoms with E-state index in [2.05, 4.69) is 87.5 Å². The lowest BCUT2D eigenvalue weighted by atomic mass is 9.81. The van der Waals surface area contributed by atoms with Gasteiger partial charge in [0.15, 0.2) is 0 Å². The first kappa shape index (κ1) is 27.2. The van der Waals surface area contributed by atoms with Crippen LogP contribution >= 0.6 is 0 Å². The highest BCUT2D eigenvalue weighted by atomic mass is 16.7. The number of hydrogen-bond donors (Lipinski definition) is 0. The highest BCUT2D eigenvalue weighted by Crippen LogP contribution is 2.38. The Labute approximate surface area is 193 Å². The minimum absolute atomic E-state index is 0. The van der Waals surface area contributed by atoms with E-state index in [9.17, 15) is 0 Å². The van der Waals surface area contributed by atoms with Crippen molar-refractivity contribution < 1.29 is 12.4 Å². The molecule has 2 aromatic carbocycles. The third-order valence-corrected chi connectivity index (χ3v) is 6.68. The van der Waals surface area contributed by atoms with Gasteiger partial charge >= 0.3 is 0 Å². The third-order valence-electron chi connectivity index (χ3n) is 6.68. The van der Waals surface area contributed by atoms with Gasteiger partial charge in [-0.25, -0.2) is 0 Å². The van der Waals surface area contributed by atoms with Gasteiger partial charge in [-0.2, -0.15) is 0 Å². The van der Waals surface area contributed by atoms with Gasteiger partial charge in [0.2, 0.25) is 0 Å². The van der Waals surface area contributed by atoms with E-state index in [-0.39, 0.29) is 12.4 Å². The average Bonchev–Trinajstić information content (AvgIpc) is 3.40. The highest BCUT2D eigenvalue weighted by Gasteiger charge is 2.25.